The number of carbonyl (C=O) groups is 1. The lowest BCUT2D eigenvalue weighted by Gasteiger charge is -2.11. The Hall–Kier alpha value is -3.18. The second kappa shape index (κ2) is 9.50. The number of hydrogen-bond donors (Lipinski definition) is 2. The van der Waals surface area contributed by atoms with Gasteiger partial charge in [0.2, 0.25) is 0 Å². The van der Waals surface area contributed by atoms with Crippen LogP contribution in [0.3, 0.4) is 0 Å². The molecule has 0 spiro atoms. The van der Waals surface area contributed by atoms with Gasteiger partial charge in [0, 0.05) is 22.5 Å². The van der Waals surface area contributed by atoms with Crippen molar-refractivity contribution in [3.05, 3.63) is 83.9 Å². The van der Waals surface area contributed by atoms with Gasteiger partial charge >= 0.3 is 6.03 Å². The minimum atomic E-state index is -0.359. The van der Waals surface area contributed by atoms with Gasteiger partial charge < -0.3 is 20.1 Å². The van der Waals surface area contributed by atoms with E-state index in [0.29, 0.717) is 35.4 Å². The third-order valence-corrected chi connectivity index (χ3v) is 3.77. The summed E-state index contributed by atoms with van der Waals surface area (Å²) >= 11 is 5.91. The first-order chi connectivity index (χ1) is 13.2. The second-order valence-electron chi connectivity index (χ2n) is 5.63. The molecular formula is C21H19ClN2O3. The molecule has 0 aliphatic carbocycles. The molecule has 3 rings (SSSR count). The number of carbonyl (C=O) groups excluding carboxylic acids is 1. The van der Waals surface area contributed by atoms with E-state index < -0.39 is 0 Å². The van der Waals surface area contributed by atoms with E-state index in [1.54, 1.807) is 36.4 Å². The molecule has 0 aromatic heterocycles. The molecule has 3 aromatic rings. The first kappa shape index (κ1) is 18.6. The van der Waals surface area contributed by atoms with E-state index in [1.807, 2.05) is 42.5 Å². The Morgan fingerprint density at radius 3 is 2.04 bits per heavy atom. The van der Waals surface area contributed by atoms with E-state index >= 15 is 0 Å². The largest absolute Gasteiger partial charge is 0.490 e. The summed E-state index contributed by atoms with van der Waals surface area (Å²) in [5.41, 5.74) is 1.24. The van der Waals surface area contributed by atoms with Crippen molar-refractivity contribution < 1.29 is 14.3 Å². The number of rotatable bonds is 7. The van der Waals surface area contributed by atoms with Crippen molar-refractivity contribution in [2.45, 2.75) is 0 Å². The number of amides is 2. The summed E-state index contributed by atoms with van der Waals surface area (Å²) in [6, 6.07) is 23.3. The highest BCUT2D eigenvalue weighted by Gasteiger charge is 2.04. The van der Waals surface area contributed by atoms with E-state index in [4.69, 9.17) is 21.1 Å². The summed E-state index contributed by atoms with van der Waals surface area (Å²) in [6.45, 7) is 0.823. The van der Waals surface area contributed by atoms with Crippen LogP contribution in [0.5, 0.6) is 11.5 Å². The molecule has 0 radical (unpaired) electrons. The van der Waals surface area contributed by atoms with E-state index in [0.717, 1.165) is 5.75 Å². The molecule has 0 atom stereocenters. The van der Waals surface area contributed by atoms with Gasteiger partial charge in [-0.15, -0.1) is 0 Å². The van der Waals surface area contributed by atoms with Crippen LogP contribution in [0.2, 0.25) is 5.02 Å². The highest BCUT2D eigenvalue weighted by atomic mass is 35.5. The number of ether oxygens (including phenoxy) is 2. The topological polar surface area (TPSA) is 59.6 Å². The zero-order chi connectivity index (χ0) is 18.9. The molecule has 6 heteroatoms. The van der Waals surface area contributed by atoms with Gasteiger partial charge in [0.1, 0.15) is 24.7 Å². The Balaban J connectivity index is 1.47. The van der Waals surface area contributed by atoms with Crippen molar-refractivity contribution >= 4 is 29.0 Å². The van der Waals surface area contributed by atoms with Crippen molar-refractivity contribution in [2.75, 3.05) is 23.8 Å². The van der Waals surface area contributed by atoms with E-state index in [-0.39, 0.29) is 6.03 Å². The van der Waals surface area contributed by atoms with Crippen molar-refractivity contribution in [1.82, 2.24) is 0 Å². The number of halogens is 1. The zero-order valence-corrected chi connectivity index (χ0v) is 15.3. The Bertz CT molecular complexity index is 887. The lowest BCUT2D eigenvalue weighted by molar-refractivity contribution is 0.217. The number of hydrogen-bond acceptors (Lipinski definition) is 3. The normalized spacial score (nSPS) is 10.1. The van der Waals surface area contributed by atoms with Crippen molar-refractivity contribution in [1.29, 1.82) is 0 Å². The molecule has 3 aromatic carbocycles. The van der Waals surface area contributed by atoms with Crippen LogP contribution in [-0.4, -0.2) is 19.2 Å². The lowest BCUT2D eigenvalue weighted by atomic mass is 10.3. The smallest absolute Gasteiger partial charge is 0.323 e. The van der Waals surface area contributed by atoms with Crippen LogP contribution < -0.4 is 20.1 Å². The molecule has 0 saturated carbocycles. The molecule has 2 N–H and O–H groups in total. The molecule has 138 valence electrons. The van der Waals surface area contributed by atoms with Gasteiger partial charge in [-0.3, -0.25) is 0 Å². The number of anilines is 2. The summed E-state index contributed by atoms with van der Waals surface area (Å²) in [5, 5.41) is 6.04. The Labute approximate surface area is 162 Å². The molecule has 27 heavy (non-hydrogen) atoms. The van der Waals surface area contributed by atoms with E-state index in [9.17, 15) is 4.79 Å². The van der Waals surface area contributed by atoms with Crippen molar-refractivity contribution in [3.8, 4) is 11.5 Å². The Kier molecular flexibility index (Phi) is 6.55. The number of urea groups is 1. The van der Waals surface area contributed by atoms with Crippen molar-refractivity contribution in [2.24, 2.45) is 0 Å². The fourth-order valence-corrected chi connectivity index (χ4v) is 2.55. The molecular weight excluding hydrogens is 364 g/mol. The van der Waals surface area contributed by atoms with Gasteiger partial charge in [0.05, 0.1) is 0 Å². The summed E-state index contributed by atoms with van der Waals surface area (Å²) in [7, 11) is 0. The second-order valence-corrected chi connectivity index (χ2v) is 6.06. The summed E-state index contributed by atoms with van der Waals surface area (Å²) in [4.78, 5) is 12.1. The minimum Gasteiger partial charge on any atom is -0.490 e. The van der Waals surface area contributed by atoms with Crippen LogP contribution in [-0.2, 0) is 0 Å². The maximum Gasteiger partial charge on any atom is 0.323 e. The molecule has 0 aliphatic rings. The third-order valence-electron chi connectivity index (χ3n) is 3.54. The quantitative estimate of drug-likeness (QED) is 0.535. The predicted molar refractivity (Wildman–Crippen MR) is 108 cm³/mol. The van der Waals surface area contributed by atoms with Crippen LogP contribution in [0.15, 0.2) is 78.9 Å². The summed E-state index contributed by atoms with van der Waals surface area (Å²) in [6.07, 6.45) is 0. The van der Waals surface area contributed by atoms with Gasteiger partial charge in [0.25, 0.3) is 0 Å². The SMILES string of the molecule is O=C(Nc1cccc(Cl)c1)Nc1cccc(OCCOc2ccccc2)c1. The zero-order valence-electron chi connectivity index (χ0n) is 14.5. The standard InChI is InChI=1S/C21H19ClN2O3/c22-16-6-4-7-17(14-16)23-21(25)24-18-8-5-11-20(15-18)27-13-12-26-19-9-2-1-3-10-19/h1-11,14-15H,12-13H2,(H2,23,24,25). The molecule has 0 fully saturated rings. The highest BCUT2D eigenvalue weighted by molar-refractivity contribution is 6.30. The van der Waals surface area contributed by atoms with Crippen LogP contribution in [0.4, 0.5) is 16.2 Å². The summed E-state index contributed by atoms with van der Waals surface area (Å²) < 4.78 is 11.3. The predicted octanol–water partition coefficient (Wildman–Crippen LogP) is 5.44. The van der Waals surface area contributed by atoms with Crippen LogP contribution in [0.25, 0.3) is 0 Å². The van der Waals surface area contributed by atoms with Gasteiger partial charge in [-0.25, -0.2) is 4.79 Å². The average molecular weight is 383 g/mol. The van der Waals surface area contributed by atoms with Gasteiger partial charge in [0.15, 0.2) is 0 Å². The van der Waals surface area contributed by atoms with E-state index in [2.05, 4.69) is 10.6 Å². The molecule has 2 amide bonds. The van der Waals surface area contributed by atoms with Gasteiger partial charge in [-0.05, 0) is 42.5 Å². The molecule has 5 nitrogen and oxygen atoms in total. The van der Waals surface area contributed by atoms with Crippen molar-refractivity contribution in [3.63, 3.8) is 0 Å². The monoisotopic (exact) mass is 382 g/mol. The van der Waals surface area contributed by atoms with E-state index in [1.165, 1.54) is 0 Å². The van der Waals surface area contributed by atoms with Crippen LogP contribution in [0, 0.1) is 0 Å². The first-order valence-electron chi connectivity index (χ1n) is 8.43. The maximum atomic E-state index is 12.1. The highest BCUT2D eigenvalue weighted by Crippen LogP contribution is 2.19. The fourth-order valence-electron chi connectivity index (χ4n) is 2.36. The van der Waals surface area contributed by atoms with Crippen LogP contribution in [0.1, 0.15) is 0 Å². The minimum absolute atomic E-state index is 0.359. The number of para-hydroxylation sites is 1. The molecule has 0 heterocycles. The lowest BCUT2D eigenvalue weighted by Crippen LogP contribution is -2.19. The first-order valence-corrected chi connectivity index (χ1v) is 8.81. The van der Waals surface area contributed by atoms with Crippen LogP contribution >= 0.6 is 11.6 Å². The Morgan fingerprint density at radius 1 is 0.741 bits per heavy atom. The molecule has 0 bridgehead atoms. The molecule has 0 unspecified atom stereocenters. The third kappa shape index (κ3) is 6.24. The Morgan fingerprint density at radius 2 is 1.33 bits per heavy atom. The van der Waals surface area contributed by atoms with Gasteiger partial charge in [-0.1, -0.05) is 41.9 Å². The maximum absolute atomic E-state index is 12.1. The average Bonchev–Trinajstić information content (AvgIpc) is 2.66. The fraction of sp³-hybridized carbons (Fsp3) is 0.0952. The summed E-state index contributed by atoms with van der Waals surface area (Å²) in [5.74, 6) is 1.45. The number of nitrogens with one attached hydrogen (secondary N) is 2. The number of benzene rings is 3. The molecule has 0 saturated heterocycles. The molecule has 0 aliphatic heterocycles. The van der Waals surface area contributed by atoms with Gasteiger partial charge in [-0.2, -0.15) is 0 Å².